The maximum Gasteiger partial charge on any atom is 0.119 e. The molecule has 4 aromatic rings. The molecule has 0 amide bonds. The lowest BCUT2D eigenvalue weighted by molar-refractivity contribution is 0.275. The Kier molecular flexibility index (Phi) is 8.22. The maximum atomic E-state index is 6.28. The van der Waals surface area contributed by atoms with Gasteiger partial charge in [0.1, 0.15) is 5.75 Å². The second-order valence-electron chi connectivity index (χ2n) is 12.8. The molecule has 208 valence electrons. The van der Waals surface area contributed by atoms with Gasteiger partial charge in [-0.3, -0.25) is 0 Å². The zero-order valence-corrected chi connectivity index (χ0v) is 25.6. The maximum absolute atomic E-state index is 6.28. The molecule has 4 aromatic carbocycles. The molecule has 0 N–H and O–H groups in total. The van der Waals surface area contributed by atoms with Gasteiger partial charge in [-0.2, -0.15) is 0 Å². The third-order valence-corrected chi connectivity index (χ3v) is 8.89. The van der Waals surface area contributed by atoms with Gasteiger partial charge >= 0.3 is 0 Å². The Hall–Kier alpha value is -3.32. The summed E-state index contributed by atoms with van der Waals surface area (Å²) < 4.78 is 6.28. The minimum absolute atomic E-state index is 0.373. The van der Waals surface area contributed by atoms with Crippen LogP contribution in [0.25, 0.3) is 11.1 Å². The second kappa shape index (κ2) is 11.7. The molecule has 1 aliphatic carbocycles. The lowest BCUT2D eigenvalue weighted by Gasteiger charge is -2.35. The molecule has 1 aliphatic rings. The first kappa shape index (κ1) is 28.2. The van der Waals surface area contributed by atoms with Crippen molar-refractivity contribution in [2.75, 3.05) is 6.61 Å². The van der Waals surface area contributed by atoms with Crippen molar-refractivity contribution in [1.82, 2.24) is 0 Å². The number of ether oxygens (including phenoxy) is 1. The molecule has 0 saturated carbocycles. The monoisotopic (exact) mass is 530 g/mol. The molecule has 0 radical (unpaired) electrons. The summed E-state index contributed by atoms with van der Waals surface area (Å²) in [6.07, 6.45) is 5.03. The summed E-state index contributed by atoms with van der Waals surface area (Å²) in [5, 5.41) is 0. The Balaban J connectivity index is 1.54. The van der Waals surface area contributed by atoms with Gasteiger partial charge in [0.2, 0.25) is 0 Å². The van der Waals surface area contributed by atoms with E-state index in [4.69, 9.17) is 4.74 Å². The van der Waals surface area contributed by atoms with Crippen molar-refractivity contribution in [3.05, 3.63) is 123 Å². The molecule has 1 heteroatoms. The number of benzene rings is 4. The Morgan fingerprint density at radius 2 is 1.15 bits per heavy atom. The predicted octanol–water partition coefficient (Wildman–Crippen LogP) is 10.5. The third-order valence-electron chi connectivity index (χ3n) is 8.89. The summed E-state index contributed by atoms with van der Waals surface area (Å²) in [4.78, 5) is 0. The molecular weight excluding hydrogens is 484 g/mol. The fourth-order valence-corrected chi connectivity index (χ4v) is 6.65. The average Bonchev–Trinajstić information content (AvgIpc) is 3.19. The third kappa shape index (κ3) is 5.36. The quantitative estimate of drug-likeness (QED) is 0.174. The molecule has 0 spiro atoms. The van der Waals surface area contributed by atoms with E-state index in [-0.39, 0.29) is 5.41 Å². The average molecular weight is 531 g/mol. The van der Waals surface area contributed by atoms with Crippen LogP contribution in [0.2, 0.25) is 0 Å². The number of aryl methyl sites for hydroxylation is 4. The van der Waals surface area contributed by atoms with E-state index in [1.165, 1.54) is 74.9 Å². The topological polar surface area (TPSA) is 9.23 Å². The van der Waals surface area contributed by atoms with E-state index in [0.717, 1.165) is 24.7 Å². The Morgan fingerprint density at radius 3 is 1.73 bits per heavy atom. The highest BCUT2D eigenvalue weighted by Crippen LogP contribution is 2.57. The number of rotatable bonds is 10. The lowest BCUT2D eigenvalue weighted by Crippen LogP contribution is -2.30. The molecule has 0 bridgehead atoms. The standard InChI is InChI=1S/C39H46O/c1-26(2)9-8-10-27(3)21-22-40-33-17-15-32(16-18-33)39(36-23-28(4)11-14-31(36)7)37-24-29(5)12-19-34(37)35-20-13-30(6)25-38(35)39/h11-20,23-27H,8-10,21-22H2,1-7H3. The van der Waals surface area contributed by atoms with Crippen LogP contribution in [0.5, 0.6) is 5.75 Å². The van der Waals surface area contributed by atoms with Crippen LogP contribution in [0, 0.1) is 39.5 Å². The van der Waals surface area contributed by atoms with Gasteiger partial charge in [-0.1, -0.05) is 123 Å². The van der Waals surface area contributed by atoms with Crippen molar-refractivity contribution in [3.8, 4) is 16.9 Å². The normalized spacial score (nSPS) is 14.2. The summed E-state index contributed by atoms with van der Waals surface area (Å²) in [5.41, 5.74) is 12.9. The van der Waals surface area contributed by atoms with Gasteiger partial charge in [0.05, 0.1) is 12.0 Å². The van der Waals surface area contributed by atoms with Crippen LogP contribution >= 0.6 is 0 Å². The molecular formula is C39H46O. The van der Waals surface area contributed by atoms with Crippen molar-refractivity contribution in [1.29, 1.82) is 0 Å². The second-order valence-corrected chi connectivity index (χ2v) is 12.8. The molecule has 5 rings (SSSR count). The zero-order valence-electron chi connectivity index (χ0n) is 25.6. The van der Waals surface area contributed by atoms with Crippen LogP contribution in [0.3, 0.4) is 0 Å². The lowest BCUT2D eigenvalue weighted by atomic mass is 9.66. The number of hydrogen-bond acceptors (Lipinski definition) is 1. The van der Waals surface area contributed by atoms with Gasteiger partial charge < -0.3 is 4.74 Å². The highest BCUT2D eigenvalue weighted by molar-refractivity contribution is 5.87. The smallest absolute Gasteiger partial charge is 0.119 e. The highest BCUT2D eigenvalue weighted by atomic mass is 16.5. The predicted molar refractivity (Wildman–Crippen MR) is 171 cm³/mol. The first-order valence-corrected chi connectivity index (χ1v) is 15.2. The highest BCUT2D eigenvalue weighted by Gasteiger charge is 2.47. The first-order chi connectivity index (χ1) is 19.2. The minimum Gasteiger partial charge on any atom is -0.494 e. The van der Waals surface area contributed by atoms with Gasteiger partial charge in [0.25, 0.3) is 0 Å². The van der Waals surface area contributed by atoms with E-state index in [9.17, 15) is 0 Å². The summed E-state index contributed by atoms with van der Waals surface area (Å²) >= 11 is 0. The fourth-order valence-electron chi connectivity index (χ4n) is 6.65. The first-order valence-electron chi connectivity index (χ1n) is 15.2. The summed E-state index contributed by atoms with van der Waals surface area (Å²) in [6.45, 7) is 16.7. The largest absolute Gasteiger partial charge is 0.494 e. The summed E-state index contributed by atoms with van der Waals surface area (Å²) in [7, 11) is 0. The van der Waals surface area contributed by atoms with Crippen molar-refractivity contribution in [2.24, 2.45) is 11.8 Å². The van der Waals surface area contributed by atoms with Crippen LogP contribution in [0.15, 0.2) is 78.9 Å². The van der Waals surface area contributed by atoms with Gasteiger partial charge in [-0.05, 0) is 97.0 Å². The van der Waals surface area contributed by atoms with E-state index in [1.54, 1.807) is 0 Å². The Labute approximate surface area is 242 Å². The van der Waals surface area contributed by atoms with Crippen LogP contribution in [0.1, 0.15) is 91.0 Å². The van der Waals surface area contributed by atoms with E-state index < -0.39 is 0 Å². The molecule has 0 aromatic heterocycles. The molecule has 0 aliphatic heterocycles. The van der Waals surface area contributed by atoms with E-state index in [1.807, 2.05) is 0 Å². The van der Waals surface area contributed by atoms with Crippen molar-refractivity contribution in [3.63, 3.8) is 0 Å². The Morgan fingerprint density at radius 1 is 0.600 bits per heavy atom. The summed E-state index contributed by atoms with van der Waals surface area (Å²) in [5.74, 6) is 2.45. The Bertz CT molecular complexity index is 1420. The summed E-state index contributed by atoms with van der Waals surface area (Å²) in [6, 6.07) is 29.9. The van der Waals surface area contributed by atoms with E-state index in [2.05, 4.69) is 127 Å². The van der Waals surface area contributed by atoms with Crippen LogP contribution in [-0.2, 0) is 5.41 Å². The molecule has 1 atom stereocenters. The van der Waals surface area contributed by atoms with Gasteiger partial charge in [0.15, 0.2) is 0 Å². The van der Waals surface area contributed by atoms with Gasteiger partial charge in [-0.25, -0.2) is 0 Å². The van der Waals surface area contributed by atoms with Crippen molar-refractivity contribution in [2.45, 2.75) is 79.6 Å². The molecule has 1 unspecified atom stereocenters. The minimum atomic E-state index is -0.373. The SMILES string of the molecule is Cc1ccc(C)c(C2(c3ccc(OCCC(C)CCCC(C)C)cc3)c3cc(C)ccc3-c3ccc(C)cc32)c1. The van der Waals surface area contributed by atoms with Crippen LogP contribution in [0.4, 0.5) is 0 Å². The number of fused-ring (bicyclic) bond motifs is 3. The number of hydrogen-bond donors (Lipinski definition) is 0. The van der Waals surface area contributed by atoms with Crippen molar-refractivity contribution < 1.29 is 4.74 Å². The molecule has 0 saturated heterocycles. The van der Waals surface area contributed by atoms with Gasteiger partial charge in [0, 0.05) is 0 Å². The molecule has 0 fully saturated rings. The fraction of sp³-hybridized carbons (Fsp3) is 0.385. The molecule has 40 heavy (non-hydrogen) atoms. The van der Waals surface area contributed by atoms with E-state index in [0.29, 0.717) is 5.92 Å². The van der Waals surface area contributed by atoms with Crippen LogP contribution < -0.4 is 4.74 Å². The zero-order chi connectivity index (χ0) is 28.4. The van der Waals surface area contributed by atoms with Gasteiger partial charge in [-0.15, -0.1) is 0 Å². The molecule has 1 nitrogen and oxygen atoms in total. The molecule has 0 heterocycles. The van der Waals surface area contributed by atoms with Crippen LogP contribution in [-0.4, -0.2) is 6.61 Å². The van der Waals surface area contributed by atoms with E-state index >= 15 is 0 Å². The van der Waals surface area contributed by atoms with Crippen molar-refractivity contribution >= 4 is 0 Å².